The van der Waals surface area contributed by atoms with Crippen LogP contribution in [0.1, 0.15) is 51.9 Å². The molecule has 1 atom stereocenters. The number of nitrogens with zero attached hydrogens (tertiary/aromatic N) is 1. The van der Waals surface area contributed by atoms with E-state index in [-0.39, 0.29) is 0 Å². The lowest BCUT2D eigenvalue weighted by Gasteiger charge is -2.19. The highest BCUT2D eigenvalue weighted by Gasteiger charge is 2.06. The van der Waals surface area contributed by atoms with E-state index in [0.29, 0.717) is 6.04 Å². The predicted octanol–water partition coefficient (Wildman–Crippen LogP) is 2.13. The fourth-order valence-corrected chi connectivity index (χ4v) is 1.84. The minimum atomic E-state index is 0.450. The molecule has 1 unspecified atom stereocenters. The highest BCUT2D eigenvalue weighted by molar-refractivity contribution is 4.66. The second-order valence-electron chi connectivity index (χ2n) is 4.68. The van der Waals surface area contributed by atoms with E-state index in [2.05, 4.69) is 31.3 Å². The third kappa shape index (κ3) is 10.2. The molecule has 3 nitrogen and oxygen atoms in total. The average molecular weight is 215 g/mol. The number of hydrogen-bond donors (Lipinski definition) is 2. The van der Waals surface area contributed by atoms with Gasteiger partial charge >= 0.3 is 0 Å². The molecule has 3 heteroatoms. The first-order valence-corrected chi connectivity index (χ1v) is 6.31. The van der Waals surface area contributed by atoms with Crippen LogP contribution in [-0.4, -0.2) is 31.6 Å². The molecule has 0 saturated carbocycles. The maximum absolute atomic E-state index is 5.51. The van der Waals surface area contributed by atoms with E-state index in [4.69, 9.17) is 5.84 Å². The summed E-state index contributed by atoms with van der Waals surface area (Å²) in [6.07, 6.45) is 9.33. The fourth-order valence-electron chi connectivity index (χ4n) is 1.84. The Morgan fingerprint density at radius 2 is 1.67 bits per heavy atom. The van der Waals surface area contributed by atoms with Crippen LogP contribution in [-0.2, 0) is 0 Å². The summed E-state index contributed by atoms with van der Waals surface area (Å²) < 4.78 is 0. The number of rotatable bonds is 10. The fraction of sp³-hybridized carbons (Fsp3) is 1.00. The second kappa shape index (κ2) is 10.4. The number of nitrogens with two attached hydrogens (primary N) is 1. The summed E-state index contributed by atoms with van der Waals surface area (Å²) in [4.78, 5) is 2.18. The molecule has 0 fully saturated rings. The smallest absolute Gasteiger partial charge is 0.0337 e. The minimum Gasteiger partial charge on any atom is -0.308 e. The maximum Gasteiger partial charge on any atom is 0.0337 e. The molecule has 0 heterocycles. The quantitative estimate of drug-likeness (QED) is 0.333. The van der Waals surface area contributed by atoms with E-state index in [1.54, 1.807) is 0 Å². The van der Waals surface area contributed by atoms with Gasteiger partial charge in [0, 0.05) is 12.6 Å². The Kier molecular flexibility index (Phi) is 10.3. The van der Waals surface area contributed by atoms with Crippen molar-refractivity contribution in [2.24, 2.45) is 5.84 Å². The van der Waals surface area contributed by atoms with Crippen LogP contribution < -0.4 is 11.3 Å². The van der Waals surface area contributed by atoms with Crippen LogP contribution >= 0.6 is 0 Å². The number of likely N-dealkylation sites (N-methyl/N-ethyl adjacent to an activating group) is 1. The molecular formula is C12H29N3. The number of hydrogen-bond acceptors (Lipinski definition) is 3. The van der Waals surface area contributed by atoms with Crippen LogP contribution in [0.3, 0.4) is 0 Å². The van der Waals surface area contributed by atoms with Crippen molar-refractivity contribution in [3.05, 3.63) is 0 Å². The molecule has 0 aromatic carbocycles. The summed E-state index contributed by atoms with van der Waals surface area (Å²) >= 11 is 0. The Hall–Kier alpha value is -0.120. The minimum absolute atomic E-state index is 0.450. The molecule has 0 radical (unpaired) electrons. The first kappa shape index (κ1) is 14.9. The zero-order valence-electron chi connectivity index (χ0n) is 10.8. The van der Waals surface area contributed by atoms with Gasteiger partial charge in [-0.1, -0.05) is 45.4 Å². The molecule has 0 saturated heterocycles. The van der Waals surface area contributed by atoms with Crippen molar-refractivity contribution in [1.82, 2.24) is 10.3 Å². The largest absolute Gasteiger partial charge is 0.308 e. The monoisotopic (exact) mass is 215 g/mol. The van der Waals surface area contributed by atoms with Gasteiger partial charge in [0.05, 0.1) is 0 Å². The Balaban J connectivity index is 3.30. The molecule has 0 rings (SSSR count). The Labute approximate surface area is 95.4 Å². The molecule has 0 aliphatic heterocycles. The van der Waals surface area contributed by atoms with E-state index < -0.39 is 0 Å². The van der Waals surface area contributed by atoms with Gasteiger partial charge in [0.25, 0.3) is 0 Å². The number of nitrogens with one attached hydrogen (secondary N) is 1. The summed E-state index contributed by atoms with van der Waals surface area (Å²) in [5.74, 6) is 5.51. The number of unbranched alkanes of at least 4 members (excludes halogenated alkanes) is 5. The molecule has 3 N–H and O–H groups in total. The molecule has 0 amide bonds. The molecule has 0 aromatic rings. The van der Waals surface area contributed by atoms with Crippen molar-refractivity contribution in [3.63, 3.8) is 0 Å². The van der Waals surface area contributed by atoms with Crippen molar-refractivity contribution in [1.29, 1.82) is 0 Å². The van der Waals surface area contributed by atoms with Gasteiger partial charge in [0.1, 0.15) is 0 Å². The van der Waals surface area contributed by atoms with Gasteiger partial charge in [-0.05, 0) is 20.5 Å². The summed E-state index contributed by atoms with van der Waals surface area (Å²) in [6, 6.07) is 0.450. The lowest BCUT2D eigenvalue weighted by molar-refractivity contribution is 0.322. The molecular weight excluding hydrogens is 186 g/mol. The van der Waals surface area contributed by atoms with Gasteiger partial charge in [0.15, 0.2) is 0 Å². The Morgan fingerprint density at radius 3 is 2.20 bits per heavy atom. The SMILES string of the molecule is CCCCCCCCC(CN(C)C)NN. The van der Waals surface area contributed by atoms with Crippen molar-refractivity contribution in [2.75, 3.05) is 20.6 Å². The van der Waals surface area contributed by atoms with E-state index in [1.165, 1.54) is 44.9 Å². The molecule has 15 heavy (non-hydrogen) atoms. The predicted molar refractivity (Wildman–Crippen MR) is 67.7 cm³/mol. The topological polar surface area (TPSA) is 41.3 Å². The Bertz CT molecular complexity index is 126. The molecule has 0 bridgehead atoms. The zero-order valence-corrected chi connectivity index (χ0v) is 10.8. The zero-order chi connectivity index (χ0) is 11.5. The van der Waals surface area contributed by atoms with E-state index in [0.717, 1.165) is 6.54 Å². The van der Waals surface area contributed by atoms with Crippen molar-refractivity contribution in [3.8, 4) is 0 Å². The second-order valence-corrected chi connectivity index (χ2v) is 4.68. The van der Waals surface area contributed by atoms with Gasteiger partial charge in [-0.2, -0.15) is 0 Å². The lowest BCUT2D eigenvalue weighted by Crippen LogP contribution is -2.42. The first-order valence-electron chi connectivity index (χ1n) is 6.31. The van der Waals surface area contributed by atoms with Crippen LogP contribution in [0.5, 0.6) is 0 Å². The standard InChI is InChI=1S/C12H29N3/c1-4-5-6-7-8-9-10-12(14-13)11-15(2)3/h12,14H,4-11,13H2,1-3H3. The first-order chi connectivity index (χ1) is 7.20. The van der Waals surface area contributed by atoms with Gasteiger partial charge in [-0.25, -0.2) is 0 Å². The Morgan fingerprint density at radius 1 is 1.07 bits per heavy atom. The molecule has 0 aliphatic rings. The van der Waals surface area contributed by atoms with Crippen LogP contribution in [0.2, 0.25) is 0 Å². The van der Waals surface area contributed by atoms with Gasteiger partial charge in [-0.3, -0.25) is 11.3 Å². The summed E-state index contributed by atoms with van der Waals surface area (Å²) in [6.45, 7) is 3.29. The highest BCUT2D eigenvalue weighted by Crippen LogP contribution is 2.08. The summed E-state index contributed by atoms with van der Waals surface area (Å²) in [7, 11) is 4.18. The normalized spacial score (nSPS) is 13.4. The summed E-state index contributed by atoms with van der Waals surface area (Å²) in [5, 5.41) is 0. The van der Waals surface area contributed by atoms with E-state index >= 15 is 0 Å². The molecule has 92 valence electrons. The third-order valence-electron chi connectivity index (χ3n) is 2.73. The van der Waals surface area contributed by atoms with E-state index in [9.17, 15) is 0 Å². The van der Waals surface area contributed by atoms with Crippen molar-refractivity contribution < 1.29 is 0 Å². The van der Waals surface area contributed by atoms with Crippen LogP contribution in [0.4, 0.5) is 0 Å². The molecule has 0 spiro atoms. The highest BCUT2D eigenvalue weighted by atomic mass is 15.3. The van der Waals surface area contributed by atoms with E-state index in [1.807, 2.05) is 0 Å². The lowest BCUT2D eigenvalue weighted by atomic mass is 10.1. The van der Waals surface area contributed by atoms with Crippen molar-refractivity contribution >= 4 is 0 Å². The van der Waals surface area contributed by atoms with Crippen LogP contribution in [0, 0.1) is 0 Å². The van der Waals surface area contributed by atoms with Gasteiger partial charge in [-0.15, -0.1) is 0 Å². The third-order valence-corrected chi connectivity index (χ3v) is 2.73. The van der Waals surface area contributed by atoms with Crippen LogP contribution in [0.25, 0.3) is 0 Å². The van der Waals surface area contributed by atoms with Gasteiger partial charge < -0.3 is 4.90 Å². The maximum atomic E-state index is 5.51. The van der Waals surface area contributed by atoms with Crippen LogP contribution in [0.15, 0.2) is 0 Å². The molecule has 0 aromatic heterocycles. The van der Waals surface area contributed by atoms with Crippen molar-refractivity contribution in [2.45, 2.75) is 57.9 Å². The molecule has 0 aliphatic carbocycles. The summed E-state index contributed by atoms with van der Waals surface area (Å²) in [5.41, 5.74) is 2.89. The van der Waals surface area contributed by atoms with Gasteiger partial charge in [0.2, 0.25) is 0 Å². The average Bonchev–Trinajstić information content (AvgIpc) is 2.20. The number of hydrazine groups is 1.